The van der Waals surface area contributed by atoms with Crippen molar-refractivity contribution < 1.29 is 23.0 Å². The van der Waals surface area contributed by atoms with Crippen molar-refractivity contribution in [2.45, 2.75) is 32.8 Å². The fourth-order valence-electron chi connectivity index (χ4n) is 4.91. The molecule has 0 atom stereocenters. The summed E-state index contributed by atoms with van der Waals surface area (Å²) in [5, 5.41) is 7.51. The van der Waals surface area contributed by atoms with Crippen LogP contribution in [0.15, 0.2) is 24.4 Å². The average Bonchev–Trinajstić information content (AvgIpc) is 3.40. The molecule has 1 N–H and O–H groups in total. The third-order valence-corrected chi connectivity index (χ3v) is 7.18. The Hall–Kier alpha value is -3.77. The summed E-state index contributed by atoms with van der Waals surface area (Å²) in [6, 6.07) is 4.33. The van der Waals surface area contributed by atoms with E-state index < -0.39 is 23.3 Å². The summed E-state index contributed by atoms with van der Waals surface area (Å²) in [6.07, 6.45) is 1.75. The van der Waals surface area contributed by atoms with Crippen LogP contribution < -0.4 is 9.64 Å². The van der Waals surface area contributed by atoms with E-state index in [-0.39, 0.29) is 27.7 Å². The van der Waals surface area contributed by atoms with Crippen molar-refractivity contribution in [3.8, 4) is 17.1 Å². The second kappa shape index (κ2) is 11.8. The number of nitrogens with zero attached hydrogens (tertiary/aromatic N) is 6. The summed E-state index contributed by atoms with van der Waals surface area (Å²) < 4.78 is 43.0. The van der Waals surface area contributed by atoms with Crippen molar-refractivity contribution in [3.05, 3.63) is 41.1 Å². The molecular formula is C29H34ClF2N7O3. The number of aromatic nitrogens is 4. The number of hydrogen-bond acceptors (Lipinski definition) is 8. The summed E-state index contributed by atoms with van der Waals surface area (Å²) in [6.45, 7) is 8.14. The Kier molecular flexibility index (Phi) is 8.38. The van der Waals surface area contributed by atoms with Crippen LogP contribution in [0.5, 0.6) is 6.01 Å². The Bertz CT molecular complexity index is 1610. The maximum Gasteiger partial charge on any atom is 0.410 e. The highest BCUT2D eigenvalue weighted by Crippen LogP contribution is 2.42. The number of rotatable bonds is 7. The SMILES string of the molecule is CN(C)CCCOc1nc(N2CCN(C(=O)OC(C)(C)C)CC2)c2cc(Cl)c(-c3c(F)ccc4[nH]ncc34)c(F)c2n1. The van der Waals surface area contributed by atoms with Crippen LogP contribution in [0.1, 0.15) is 27.2 Å². The predicted octanol–water partition coefficient (Wildman–Crippen LogP) is 5.49. The quantitative estimate of drug-likeness (QED) is 0.278. The van der Waals surface area contributed by atoms with E-state index in [0.29, 0.717) is 61.3 Å². The molecule has 2 aromatic carbocycles. The van der Waals surface area contributed by atoms with Gasteiger partial charge in [0.25, 0.3) is 0 Å². The number of nitrogens with one attached hydrogen (secondary N) is 1. The van der Waals surface area contributed by atoms with Gasteiger partial charge in [-0.2, -0.15) is 15.1 Å². The van der Waals surface area contributed by atoms with Gasteiger partial charge < -0.3 is 24.2 Å². The molecule has 5 rings (SSSR count). The molecule has 1 saturated heterocycles. The van der Waals surface area contributed by atoms with E-state index in [0.717, 1.165) is 6.54 Å². The van der Waals surface area contributed by atoms with Crippen LogP contribution >= 0.6 is 11.6 Å². The number of hydrogen-bond donors (Lipinski definition) is 1. The summed E-state index contributed by atoms with van der Waals surface area (Å²) >= 11 is 6.67. The Labute approximate surface area is 247 Å². The van der Waals surface area contributed by atoms with Crippen LogP contribution in [0, 0.1) is 11.6 Å². The molecule has 1 aliphatic heterocycles. The lowest BCUT2D eigenvalue weighted by molar-refractivity contribution is 0.0240. The number of carbonyl (C=O) groups is 1. The molecule has 1 amide bonds. The lowest BCUT2D eigenvalue weighted by atomic mass is 9.98. The van der Waals surface area contributed by atoms with E-state index in [1.54, 1.807) is 11.0 Å². The molecule has 1 aliphatic rings. The number of H-pyrrole nitrogens is 1. The lowest BCUT2D eigenvalue weighted by Gasteiger charge is -2.36. The van der Waals surface area contributed by atoms with Crippen LogP contribution in [0.4, 0.5) is 19.4 Å². The number of carbonyl (C=O) groups excluding carboxylic acids is 1. The highest BCUT2D eigenvalue weighted by atomic mass is 35.5. The van der Waals surface area contributed by atoms with Crippen LogP contribution in [0.25, 0.3) is 32.9 Å². The third kappa shape index (κ3) is 6.19. The molecule has 0 bridgehead atoms. The minimum absolute atomic E-state index is 0.00000729. The van der Waals surface area contributed by atoms with E-state index in [1.807, 2.05) is 44.7 Å². The summed E-state index contributed by atoms with van der Waals surface area (Å²) in [7, 11) is 3.92. The first-order valence-corrected chi connectivity index (χ1v) is 14.1. The Morgan fingerprint density at radius 2 is 1.83 bits per heavy atom. The largest absolute Gasteiger partial charge is 0.463 e. The van der Waals surface area contributed by atoms with Gasteiger partial charge in [0.15, 0.2) is 5.82 Å². The van der Waals surface area contributed by atoms with E-state index >= 15 is 8.78 Å². The van der Waals surface area contributed by atoms with Crippen molar-refractivity contribution in [3.63, 3.8) is 0 Å². The Morgan fingerprint density at radius 1 is 1.10 bits per heavy atom. The summed E-state index contributed by atoms with van der Waals surface area (Å²) in [5.74, 6) is -1.02. The highest BCUT2D eigenvalue weighted by molar-refractivity contribution is 6.35. The fraction of sp³-hybridized carbons (Fsp3) is 0.448. The van der Waals surface area contributed by atoms with Crippen LogP contribution in [-0.2, 0) is 4.74 Å². The van der Waals surface area contributed by atoms with Gasteiger partial charge in [0.2, 0.25) is 0 Å². The number of fused-ring (bicyclic) bond motifs is 2. The third-order valence-electron chi connectivity index (χ3n) is 6.88. The topological polar surface area (TPSA) is 99.7 Å². The number of benzene rings is 2. The highest BCUT2D eigenvalue weighted by Gasteiger charge is 2.29. The standard InChI is InChI=1S/C29H34ClF2N7O3/c1-29(2,3)42-28(40)39-12-10-38(11-13-39)26-17-15-19(30)23(22-18-16-33-36-21(18)8-7-20(22)31)24(32)25(17)34-27(35-26)41-14-6-9-37(4)5/h7-8,15-16H,6,9-14H2,1-5H3,(H,33,36). The van der Waals surface area contributed by atoms with Gasteiger partial charge in [-0.3, -0.25) is 5.10 Å². The van der Waals surface area contributed by atoms with E-state index in [1.165, 1.54) is 18.3 Å². The zero-order chi connectivity index (χ0) is 30.2. The first kappa shape index (κ1) is 29.7. The smallest absolute Gasteiger partial charge is 0.410 e. The van der Waals surface area contributed by atoms with Crippen molar-refractivity contribution >= 4 is 45.3 Å². The molecule has 2 aromatic heterocycles. The van der Waals surface area contributed by atoms with E-state index in [2.05, 4.69) is 20.2 Å². The van der Waals surface area contributed by atoms with Gasteiger partial charge in [-0.15, -0.1) is 0 Å². The molecule has 0 saturated carbocycles. The summed E-state index contributed by atoms with van der Waals surface area (Å²) in [5.41, 5.74) is -0.242. The number of aromatic amines is 1. The lowest BCUT2D eigenvalue weighted by Crippen LogP contribution is -2.50. The molecule has 0 radical (unpaired) electrons. The van der Waals surface area contributed by atoms with E-state index in [4.69, 9.17) is 21.1 Å². The average molecular weight is 602 g/mol. The van der Waals surface area contributed by atoms with Gasteiger partial charge in [0.05, 0.1) is 23.3 Å². The van der Waals surface area contributed by atoms with Gasteiger partial charge in [0.1, 0.15) is 22.8 Å². The predicted molar refractivity (Wildman–Crippen MR) is 158 cm³/mol. The minimum atomic E-state index is -0.792. The van der Waals surface area contributed by atoms with Crippen LogP contribution in [0.2, 0.25) is 5.02 Å². The molecule has 0 aliphatic carbocycles. The second-order valence-corrected chi connectivity index (χ2v) is 11.9. The van der Waals surface area contributed by atoms with Gasteiger partial charge in [0, 0.05) is 54.6 Å². The number of piperazine rings is 1. The normalized spacial score (nSPS) is 14.3. The van der Waals surface area contributed by atoms with Crippen molar-refractivity contribution in [2.75, 3.05) is 58.3 Å². The van der Waals surface area contributed by atoms with Crippen molar-refractivity contribution in [2.24, 2.45) is 0 Å². The van der Waals surface area contributed by atoms with Crippen LogP contribution in [0.3, 0.4) is 0 Å². The molecule has 3 heterocycles. The number of ether oxygens (including phenoxy) is 2. The number of halogens is 3. The zero-order valence-electron chi connectivity index (χ0n) is 24.3. The molecule has 42 heavy (non-hydrogen) atoms. The van der Waals surface area contributed by atoms with Crippen molar-refractivity contribution in [1.29, 1.82) is 0 Å². The molecular weight excluding hydrogens is 568 g/mol. The molecule has 1 fully saturated rings. The van der Waals surface area contributed by atoms with Gasteiger partial charge in [-0.05, 0) is 59.5 Å². The molecule has 13 heteroatoms. The number of anilines is 1. The van der Waals surface area contributed by atoms with Crippen molar-refractivity contribution in [1.82, 2.24) is 30.0 Å². The second-order valence-electron chi connectivity index (χ2n) is 11.5. The molecule has 0 spiro atoms. The van der Waals surface area contributed by atoms with Gasteiger partial charge >= 0.3 is 12.1 Å². The Balaban J connectivity index is 1.55. The molecule has 224 valence electrons. The van der Waals surface area contributed by atoms with Gasteiger partial charge in [-0.25, -0.2) is 13.6 Å². The van der Waals surface area contributed by atoms with Crippen LogP contribution in [-0.4, -0.2) is 95.1 Å². The first-order valence-electron chi connectivity index (χ1n) is 13.7. The van der Waals surface area contributed by atoms with E-state index in [9.17, 15) is 4.79 Å². The van der Waals surface area contributed by atoms with Gasteiger partial charge in [-0.1, -0.05) is 11.6 Å². The maximum atomic E-state index is 16.5. The first-order chi connectivity index (χ1) is 19.9. The monoisotopic (exact) mass is 601 g/mol. The molecule has 4 aromatic rings. The number of amides is 1. The Morgan fingerprint density at radius 3 is 2.52 bits per heavy atom. The fourth-order valence-corrected chi connectivity index (χ4v) is 5.20. The minimum Gasteiger partial charge on any atom is -0.463 e. The molecule has 0 unspecified atom stereocenters. The summed E-state index contributed by atoms with van der Waals surface area (Å²) in [4.78, 5) is 27.3. The zero-order valence-corrected chi connectivity index (χ0v) is 25.1. The maximum absolute atomic E-state index is 16.5. The molecule has 10 nitrogen and oxygen atoms in total.